The van der Waals surface area contributed by atoms with E-state index in [-0.39, 0.29) is 19.0 Å². The van der Waals surface area contributed by atoms with Gasteiger partial charge in [0.25, 0.3) is 0 Å². The summed E-state index contributed by atoms with van der Waals surface area (Å²) in [5.74, 6) is 0. The van der Waals surface area contributed by atoms with Crippen molar-refractivity contribution in [2.45, 2.75) is 6.54 Å². The van der Waals surface area contributed by atoms with E-state index >= 15 is 0 Å². The summed E-state index contributed by atoms with van der Waals surface area (Å²) in [6, 6.07) is 10.0. The Bertz CT molecular complexity index is 519. The number of ether oxygens (including phenoxy) is 1. The number of hydrogen-bond acceptors (Lipinski definition) is 5. The molecule has 0 radical (unpaired) electrons. The van der Waals surface area contributed by atoms with Gasteiger partial charge < -0.3 is 15.2 Å². The maximum absolute atomic E-state index is 8.60. The highest BCUT2D eigenvalue weighted by atomic mass is 35.5. The van der Waals surface area contributed by atoms with E-state index in [0.29, 0.717) is 26.3 Å². The molecule has 0 atom stereocenters. The molecule has 1 aromatic carbocycles. The summed E-state index contributed by atoms with van der Waals surface area (Å²) in [5, 5.41) is 20.7. The number of rotatable bonds is 8. The monoisotopic (exact) mass is 312 g/mol. The van der Waals surface area contributed by atoms with Gasteiger partial charge in [0.1, 0.15) is 11.4 Å². The van der Waals surface area contributed by atoms with Gasteiger partial charge in [-0.1, -0.05) is 30.3 Å². The number of benzene rings is 1. The molecule has 2 aromatic rings. The van der Waals surface area contributed by atoms with Gasteiger partial charge >= 0.3 is 0 Å². The molecule has 0 bridgehead atoms. The van der Waals surface area contributed by atoms with Crippen molar-refractivity contribution in [3.05, 3.63) is 36.0 Å². The van der Waals surface area contributed by atoms with Gasteiger partial charge in [0, 0.05) is 25.7 Å². The minimum Gasteiger partial charge on any atom is -0.394 e. The molecule has 0 aliphatic carbocycles. The quantitative estimate of drug-likeness (QED) is 0.712. The molecule has 0 saturated heterocycles. The zero-order chi connectivity index (χ0) is 14.2. The number of nitrogens with one attached hydrogen (secondary N) is 1. The summed E-state index contributed by atoms with van der Waals surface area (Å²) in [6.45, 7) is 2.36. The molecule has 6 nitrogen and oxygen atoms in total. The minimum atomic E-state index is 0. The van der Waals surface area contributed by atoms with Crippen LogP contribution < -0.4 is 5.32 Å². The lowest BCUT2D eigenvalue weighted by Crippen LogP contribution is -2.20. The van der Waals surface area contributed by atoms with Crippen LogP contribution in [0, 0.1) is 0 Å². The first-order valence-electron chi connectivity index (χ1n) is 6.66. The van der Waals surface area contributed by atoms with Crippen molar-refractivity contribution in [3.63, 3.8) is 0 Å². The summed E-state index contributed by atoms with van der Waals surface area (Å²) in [7, 11) is 1.82. The van der Waals surface area contributed by atoms with Gasteiger partial charge in [-0.2, -0.15) is 15.0 Å². The molecule has 0 unspecified atom stereocenters. The summed E-state index contributed by atoms with van der Waals surface area (Å²) < 4.78 is 5.19. The number of nitrogens with zero attached hydrogens (tertiary/aromatic N) is 3. The lowest BCUT2D eigenvalue weighted by atomic mass is 10.1. The van der Waals surface area contributed by atoms with Gasteiger partial charge in [-0.05, 0) is 0 Å². The van der Waals surface area contributed by atoms with Crippen molar-refractivity contribution in [3.8, 4) is 11.3 Å². The van der Waals surface area contributed by atoms with Gasteiger partial charge in [0.15, 0.2) is 0 Å². The van der Waals surface area contributed by atoms with E-state index in [4.69, 9.17) is 9.84 Å². The average molecular weight is 313 g/mol. The molecule has 0 aliphatic rings. The third-order valence-electron chi connectivity index (χ3n) is 2.78. The fraction of sp³-hybridized carbons (Fsp3) is 0.429. The van der Waals surface area contributed by atoms with Gasteiger partial charge in [0.05, 0.1) is 19.8 Å². The Hall–Kier alpha value is -1.47. The Labute approximate surface area is 130 Å². The molecule has 116 valence electrons. The molecular weight excluding hydrogens is 292 g/mol. The molecule has 2 rings (SSSR count). The average Bonchev–Trinajstić information content (AvgIpc) is 2.85. The fourth-order valence-corrected chi connectivity index (χ4v) is 1.90. The highest BCUT2D eigenvalue weighted by Crippen LogP contribution is 2.19. The normalized spacial score (nSPS) is 10.4. The van der Waals surface area contributed by atoms with E-state index in [1.165, 1.54) is 0 Å². The van der Waals surface area contributed by atoms with Crippen LogP contribution in [0.2, 0.25) is 0 Å². The van der Waals surface area contributed by atoms with Gasteiger partial charge in [0.2, 0.25) is 0 Å². The largest absolute Gasteiger partial charge is 0.394 e. The van der Waals surface area contributed by atoms with E-state index in [1.807, 2.05) is 37.4 Å². The molecule has 0 saturated carbocycles. The van der Waals surface area contributed by atoms with Gasteiger partial charge in [-0.25, -0.2) is 0 Å². The summed E-state index contributed by atoms with van der Waals surface area (Å²) in [4.78, 5) is 1.58. The Kier molecular flexibility index (Phi) is 7.92. The van der Waals surface area contributed by atoms with Crippen LogP contribution in [0.4, 0.5) is 0 Å². The summed E-state index contributed by atoms with van der Waals surface area (Å²) in [6.07, 6.45) is 0. The Balaban J connectivity index is 0.00000220. The number of aliphatic hydroxyl groups excluding tert-OH is 1. The Morgan fingerprint density at radius 3 is 2.67 bits per heavy atom. The van der Waals surface area contributed by atoms with Crippen molar-refractivity contribution in [2.24, 2.45) is 7.05 Å². The molecule has 7 heteroatoms. The Morgan fingerprint density at radius 2 is 1.95 bits per heavy atom. The van der Waals surface area contributed by atoms with Crippen LogP contribution in [-0.4, -0.2) is 46.5 Å². The van der Waals surface area contributed by atoms with Crippen LogP contribution in [0.1, 0.15) is 5.69 Å². The predicted molar refractivity (Wildman–Crippen MR) is 83.3 cm³/mol. The highest BCUT2D eigenvalue weighted by Gasteiger charge is 2.10. The van der Waals surface area contributed by atoms with E-state index < -0.39 is 0 Å². The first-order valence-corrected chi connectivity index (χ1v) is 6.66. The van der Waals surface area contributed by atoms with Crippen LogP contribution >= 0.6 is 12.4 Å². The summed E-state index contributed by atoms with van der Waals surface area (Å²) >= 11 is 0. The fourth-order valence-electron chi connectivity index (χ4n) is 1.90. The number of aliphatic hydroxyl groups is 1. The summed E-state index contributed by atoms with van der Waals surface area (Å²) in [5.41, 5.74) is 2.88. The number of aromatic nitrogens is 3. The van der Waals surface area contributed by atoms with Crippen LogP contribution in [-0.2, 0) is 18.3 Å². The van der Waals surface area contributed by atoms with Crippen LogP contribution in [0.15, 0.2) is 30.3 Å². The van der Waals surface area contributed by atoms with E-state index in [2.05, 4.69) is 15.5 Å². The molecule has 0 aliphatic heterocycles. The smallest absolute Gasteiger partial charge is 0.117 e. The number of halogens is 1. The van der Waals surface area contributed by atoms with Crippen LogP contribution in [0.5, 0.6) is 0 Å². The molecule has 21 heavy (non-hydrogen) atoms. The second-order valence-electron chi connectivity index (χ2n) is 4.36. The SMILES string of the molecule is Cl.Cn1nc(CNCCOCCO)c(-c2ccccc2)n1. The third kappa shape index (κ3) is 5.43. The molecule has 0 fully saturated rings. The van der Waals surface area contributed by atoms with Crippen molar-refractivity contribution >= 4 is 12.4 Å². The van der Waals surface area contributed by atoms with E-state index in [1.54, 1.807) is 4.80 Å². The lowest BCUT2D eigenvalue weighted by Gasteiger charge is -2.04. The lowest BCUT2D eigenvalue weighted by molar-refractivity contribution is 0.0937. The van der Waals surface area contributed by atoms with Crippen molar-refractivity contribution in [1.82, 2.24) is 20.3 Å². The standard InChI is InChI=1S/C14H20N4O2.ClH/c1-18-16-13(11-15-7-9-20-10-8-19)14(17-18)12-5-3-2-4-6-12;/h2-6,15,19H,7-11H2,1H3;1H. The molecule has 1 aromatic heterocycles. The molecule has 0 spiro atoms. The van der Waals surface area contributed by atoms with Crippen LogP contribution in [0.25, 0.3) is 11.3 Å². The molecular formula is C14H21ClN4O2. The first-order chi connectivity index (χ1) is 9.81. The van der Waals surface area contributed by atoms with Crippen molar-refractivity contribution in [1.29, 1.82) is 0 Å². The highest BCUT2D eigenvalue weighted by molar-refractivity contribution is 5.85. The predicted octanol–water partition coefficient (Wildman–Crippen LogP) is 1.00. The maximum Gasteiger partial charge on any atom is 0.117 e. The molecule has 0 amide bonds. The minimum absolute atomic E-state index is 0. The maximum atomic E-state index is 8.60. The first kappa shape index (κ1) is 17.6. The van der Waals surface area contributed by atoms with Gasteiger partial charge in [-0.15, -0.1) is 12.4 Å². The second-order valence-corrected chi connectivity index (χ2v) is 4.36. The zero-order valence-electron chi connectivity index (χ0n) is 12.0. The topological polar surface area (TPSA) is 72.2 Å². The third-order valence-corrected chi connectivity index (χ3v) is 2.78. The van der Waals surface area contributed by atoms with Gasteiger partial charge in [-0.3, -0.25) is 0 Å². The van der Waals surface area contributed by atoms with Crippen molar-refractivity contribution < 1.29 is 9.84 Å². The number of aryl methyl sites for hydroxylation is 1. The second kappa shape index (κ2) is 9.46. The molecule has 1 heterocycles. The Morgan fingerprint density at radius 1 is 1.19 bits per heavy atom. The van der Waals surface area contributed by atoms with E-state index in [9.17, 15) is 0 Å². The van der Waals surface area contributed by atoms with Crippen LogP contribution in [0.3, 0.4) is 0 Å². The number of hydrogen-bond donors (Lipinski definition) is 2. The molecule has 2 N–H and O–H groups in total. The zero-order valence-corrected chi connectivity index (χ0v) is 12.8. The van der Waals surface area contributed by atoms with Crippen molar-refractivity contribution in [2.75, 3.05) is 26.4 Å². The van der Waals surface area contributed by atoms with E-state index in [0.717, 1.165) is 17.0 Å².